The molecule has 2 aliphatic rings. The Kier molecular flexibility index (Phi) is 5.02. The number of rotatable bonds is 5. The SMILES string of the molecule is CCOC(=O)/C=C1\[C@@H]2C=C[C@@H](C2)[C@@H]1CO[Si](C)(C)C(C)(C)C. The molecule has 22 heavy (non-hydrogen) atoms. The summed E-state index contributed by atoms with van der Waals surface area (Å²) in [6, 6.07) is 0. The molecule has 0 aliphatic heterocycles. The molecule has 124 valence electrons. The van der Waals surface area contributed by atoms with Crippen molar-refractivity contribution < 1.29 is 14.0 Å². The van der Waals surface area contributed by atoms with Crippen LogP contribution in [-0.2, 0) is 14.0 Å². The zero-order valence-electron chi connectivity index (χ0n) is 14.8. The van der Waals surface area contributed by atoms with E-state index in [1.165, 1.54) is 5.57 Å². The molecule has 3 nitrogen and oxygen atoms in total. The minimum absolute atomic E-state index is 0.212. The smallest absolute Gasteiger partial charge is 0.330 e. The van der Waals surface area contributed by atoms with Gasteiger partial charge in [0.1, 0.15) is 0 Å². The van der Waals surface area contributed by atoms with E-state index >= 15 is 0 Å². The summed E-state index contributed by atoms with van der Waals surface area (Å²) in [4.78, 5) is 11.8. The summed E-state index contributed by atoms with van der Waals surface area (Å²) < 4.78 is 11.5. The first-order valence-corrected chi connectivity index (χ1v) is 11.3. The third kappa shape index (κ3) is 3.54. The van der Waals surface area contributed by atoms with Gasteiger partial charge in [-0.3, -0.25) is 0 Å². The van der Waals surface area contributed by atoms with Gasteiger partial charge in [0.05, 0.1) is 6.61 Å². The second kappa shape index (κ2) is 6.32. The fourth-order valence-electron chi connectivity index (χ4n) is 3.06. The van der Waals surface area contributed by atoms with Crippen LogP contribution < -0.4 is 0 Å². The van der Waals surface area contributed by atoms with Crippen molar-refractivity contribution in [1.29, 1.82) is 0 Å². The van der Waals surface area contributed by atoms with Crippen molar-refractivity contribution in [3.8, 4) is 0 Å². The van der Waals surface area contributed by atoms with Gasteiger partial charge in [-0.05, 0) is 43.3 Å². The Balaban J connectivity index is 2.09. The van der Waals surface area contributed by atoms with Gasteiger partial charge in [-0.1, -0.05) is 38.5 Å². The summed E-state index contributed by atoms with van der Waals surface area (Å²) in [6.07, 6.45) is 7.37. The molecule has 0 heterocycles. The van der Waals surface area contributed by atoms with E-state index < -0.39 is 8.32 Å². The maximum absolute atomic E-state index is 11.8. The van der Waals surface area contributed by atoms with E-state index in [1.807, 2.05) is 6.92 Å². The van der Waals surface area contributed by atoms with Crippen LogP contribution in [0.25, 0.3) is 0 Å². The molecule has 1 saturated carbocycles. The first-order chi connectivity index (χ1) is 10.2. The number of allylic oxidation sites excluding steroid dienone is 2. The van der Waals surface area contributed by atoms with Gasteiger partial charge < -0.3 is 9.16 Å². The molecule has 0 unspecified atom stereocenters. The van der Waals surface area contributed by atoms with E-state index in [-0.39, 0.29) is 11.0 Å². The minimum atomic E-state index is -1.75. The molecule has 0 spiro atoms. The molecule has 0 aromatic carbocycles. The molecule has 2 rings (SSSR count). The molecule has 0 radical (unpaired) electrons. The average Bonchev–Trinajstić information content (AvgIpc) is 2.96. The largest absolute Gasteiger partial charge is 0.463 e. The van der Waals surface area contributed by atoms with E-state index in [0.29, 0.717) is 24.4 Å². The van der Waals surface area contributed by atoms with Crippen LogP contribution in [0.15, 0.2) is 23.8 Å². The van der Waals surface area contributed by atoms with Crippen LogP contribution in [0.2, 0.25) is 18.1 Å². The van der Waals surface area contributed by atoms with Gasteiger partial charge in [-0.2, -0.15) is 0 Å². The van der Waals surface area contributed by atoms with Gasteiger partial charge in [-0.25, -0.2) is 4.79 Å². The summed E-state index contributed by atoms with van der Waals surface area (Å²) >= 11 is 0. The molecule has 0 amide bonds. The molecule has 0 saturated heterocycles. The van der Waals surface area contributed by atoms with Crippen molar-refractivity contribution in [1.82, 2.24) is 0 Å². The lowest BCUT2D eigenvalue weighted by atomic mass is 9.89. The normalized spacial score (nSPS) is 29.4. The fourth-order valence-corrected chi connectivity index (χ4v) is 4.09. The van der Waals surface area contributed by atoms with Crippen LogP contribution >= 0.6 is 0 Å². The highest BCUT2D eigenvalue weighted by molar-refractivity contribution is 6.74. The zero-order valence-corrected chi connectivity index (χ0v) is 15.8. The average molecular weight is 323 g/mol. The monoisotopic (exact) mass is 322 g/mol. The van der Waals surface area contributed by atoms with Crippen LogP contribution in [0.3, 0.4) is 0 Å². The summed E-state index contributed by atoms with van der Waals surface area (Å²) in [5, 5.41) is 0.214. The molecule has 3 atom stereocenters. The van der Waals surface area contributed by atoms with E-state index in [0.717, 1.165) is 13.0 Å². The molecule has 2 aliphatic carbocycles. The van der Waals surface area contributed by atoms with E-state index in [9.17, 15) is 4.79 Å². The maximum Gasteiger partial charge on any atom is 0.330 e. The summed E-state index contributed by atoms with van der Waals surface area (Å²) in [5.41, 5.74) is 1.21. The first-order valence-electron chi connectivity index (χ1n) is 8.36. The Morgan fingerprint density at radius 2 is 2.05 bits per heavy atom. The van der Waals surface area contributed by atoms with E-state index in [2.05, 4.69) is 46.0 Å². The van der Waals surface area contributed by atoms with Crippen molar-refractivity contribution in [2.24, 2.45) is 17.8 Å². The van der Waals surface area contributed by atoms with Crippen molar-refractivity contribution in [2.45, 2.75) is 52.2 Å². The van der Waals surface area contributed by atoms with Crippen LogP contribution in [0.1, 0.15) is 34.1 Å². The third-order valence-electron chi connectivity index (χ3n) is 5.49. The topological polar surface area (TPSA) is 35.5 Å². The molecular weight excluding hydrogens is 292 g/mol. The number of carbonyl (C=O) groups is 1. The lowest BCUT2D eigenvalue weighted by molar-refractivity contribution is -0.137. The summed E-state index contributed by atoms with van der Waals surface area (Å²) in [6.45, 7) is 14.3. The second-order valence-corrected chi connectivity index (χ2v) is 12.8. The number of carbonyl (C=O) groups excluding carboxylic acids is 1. The highest BCUT2D eigenvalue weighted by atomic mass is 28.4. The number of hydrogen-bond acceptors (Lipinski definition) is 3. The van der Waals surface area contributed by atoms with Gasteiger partial charge in [0.2, 0.25) is 0 Å². The lowest BCUT2D eigenvalue weighted by Gasteiger charge is -2.37. The number of hydrogen-bond donors (Lipinski definition) is 0. The van der Waals surface area contributed by atoms with Crippen molar-refractivity contribution in [2.75, 3.05) is 13.2 Å². The van der Waals surface area contributed by atoms with E-state index in [1.54, 1.807) is 6.08 Å². The lowest BCUT2D eigenvalue weighted by Crippen LogP contribution is -2.42. The summed E-state index contributed by atoms with van der Waals surface area (Å²) in [7, 11) is -1.75. The Hall–Kier alpha value is -0.873. The molecule has 0 aromatic heterocycles. The molecule has 2 bridgehead atoms. The van der Waals surface area contributed by atoms with Crippen molar-refractivity contribution in [3.05, 3.63) is 23.8 Å². The second-order valence-electron chi connectivity index (χ2n) is 7.97. The number of fused-ring (bicyclic) bond motifs is 2. The number of esters is 1. The molecule has 4 heteroatoms. The van der Waals surface area contributed by atoms with Crippen LogP contribution in [0.5, 0.6) is 0 Å². The van der Waals surface area contributed by atoms with Gasteiger partial charge in [-0.15, -0.1) is 0 Å². The molecule has 0 N–H and O–H groups in total. The third-order valence-corrected chi connectivity index (χ3v) is 9.99. The van der Waals surface area contributed by atoms with Crippen LogP contribution in [0.4, 0.5) is 0 Å². The molecular formula is C18H30O3Si. The first kappa shape index (κ1) is 17.5. The van der Waals surface area contributed by atoms with Crippen molar-refractivity contribution in [3.63, 3.8) is 0 Å². The van der Waals surface area contributed by atoms with Crippen LogP contribution in [-0.4, -0.2) is 27.5 Å². The number of ether oxygens (including phenoxy) is 1. The predicted molar refractivity (Wildman–Crippen MR) is 92.1 cm³/mol. The molecule has 1 fully saturated rings. The summed E-state index contributed by atoms with van der Waals surface area (Å²) in [5.74, 6) is 1.06. The highest BCUT2D eigenvalue weighted by Gasteiger charge is 2.43. The highest BCUT2D eigenvalue weighted by Crippen LogP contribution is 2.48. The van der Waals surface area contributed by atoms with Crippen molar-refractivity contribution >= 4 is 14.3 Å². The minimum Gasteiger partial charge on any atom is -0.463 e. The van der Waals surface area contributed by atoms with Gasteiger partial charge in [0.25, 0.3) is 0 Å². The van der Waals surface area contributed by atoms with Gasteiger partial charge in [0.15, 0.2) is 8.32 Å². The Morgan fingerprint density at radius 3 is 2.64 bits per heavy atom. The predicted octanol–water partition coefficient (Wildman–Crippen LogP) is 4.32. The Labute approximate surface area is 135 Å². The maximum atomic E-state index is 11.8. The van der Waals surface area contributed by atoms with E-state index in [4.69, 9.17) is 9.16 Å². The quantitative estimate of drug-likeness (QED) is 0.327. The fraction of sp³-hybridized carbons (Fsp3) is 0.722. The van der Waals surface area contributed by atoms with Gasteiger partial charge >= 0.3 is 5.97 Å². The van der Waals surface area contributed by atoms with Crippen LogP contribution in [0, 0.1) is 17.8 Å². The standard InChI is InChI=1S/C18H30O3Si/c1-7-20-17(19)11-15-13-8-9-14(10-13)16(15)12-21-22(5,6)18(2,3)4/h8-9,11,13-14,16H,7,10,12H2,1-6H3/b15-11+/t13-,14+,16+/m1/s1. The van der Waals surface area contributed by atoms with Gasteiger partial charge in [0, 0.05) is 18.6 Å². The molecule has 0 aromatic rings. The zero-order chi connectivity index (χ0) is 16.5. The Bertz CT molecular complexity index is 485. The Morgan fingerprint density at radius 1 is 1.36 bits per heavy atom.